The summed E-state index contributed by atoms with van der Waals surface area (Å²) in [5.74, 6) is -2.83. The Balaban J connectivity index is 1.96. The molecule has 0 radical (unpaired) electrons. The number of allylic oxidation sites excluding steroid dienone is 2. The van der Waals surface area contributed by atoms with Gasteiger partial charge in [0.2, 0.25) is 11.8 Å². The molecule has 2 fully saturated rings. The molecule has 0 spiro atoms. The van der Waals surface area contributed by atoms with Crippen molar-refractivity contribution in [2.75, 3.05) is 0 Å². The van der Waals surface area contributed by atoms with E-state index in [1.165, 1.54) is 0 Å². The van der Waals surface area contributed by atoms with Gasteiger partial charge in [-0.2, -0.15) is 0 Å². The molecule has 1 heterocycles. The minimum absolute atomic E-state index is 0.103. The van der Waals surface area contributed by atoms with Gasteiger partial charge in [0, 0.05) is 0 Å². The maximum atomic E-state index is 12.4. The van der Waals surface area contributed by atoms with E-state index in [1.54, 1.807) is 13.8 Å². The van der Waals surface area contributed by atoms with Crippen molar-refractivity contribution < 1.29 is 19.5 Å². The van der Waals surface area contributed by atoms with Gasteiger partial charge in [0.05, 0.1) is 23.8 Å². The molecule has 1 saturated carbocycles. The van der Waals surface area contributed by atoms with E-state index in [1.807, 2.05) is 12.2 Å². The Morgan fingerprint density at radius 3 is 2.05 bits per heavy atom. The van der Waals surface area contributed by atoms with Crippen LogP contribution in [0.25, 0.3) is 0 Å². The molecule has 5 nitrogen and oxygen atoms in total. The summed E-state index contributed by atoms with van der Waals surface area (Å²) in [7, 11) is 0. The van der Waals surface area contributed by atoms with E-state index in [9.17, 15) is 19.5 Å². The quantitative estimate of drug-likeness (QED) is 0.510. The molecular formula is C14H16NO4-. The van der Waals surface area contributed by atoms with Gasteiger partial charge < -0.3 is 9.90 Å². The Morgan fingerprint density at radius 2 is 1.68 bits per heavy atom. The lowest BCUT2D eigenvalue weighted by Crippen LogP contribution is -2.54. The van der Waals surface area contributed by atoms with Crippen LogP contribution in [-0.4, -0.2) is 28.7 Å². The van der Waals surface area contributed by atoms with Crippen molar-refractivity contribution in [2.45, 2.75) is 26.3 Å². The van der Waals surface area contributed by atoms with Crippen molar-refractivity contribution in [1.82, 2.24) is 4.90 Å². The SMILES string of the molecule is CC(C)[C@H](C(=O)[O-])N1C(=O)[C@@H]2[C@@H](C1=O)[C@H]1C=C[C@@H]2C1. The number of carbonyl (C=O) groups is 3. The highest BCUT2D eigenvalue weighted by Gasteiger charge is 2.60. The number of carboxylic acids is 1. The molecule has 1 saturated heterocycles. The number of carboxylic acid groups (broad SMARTS) is 1. The van der Waals surface area contributed by atoms with Crippen molar-refractivity contribution in [3.8, 4) is 0 Å². The topological polar surface area (TPSA) is 77.5 Å². The van der Waals surface area contributed by atoms with Crippen LogP contribution in [0.15, 0.2) is 12.2 Å². The average molecular weight is 262 g/mol. The van der Waals surface area contributed by atoms with Crippen LogP contribution in [0.1, 0.15) is 20.3 Å². The van der Waals surface area contributed by atoms with Crippen molar-refractivity contribution in [1.29, 1.82) is 0 Å². The molecule has 1 aliphatic heterocycles. The molecule has 3 aliphatic rings. The van der Waals surface area contributed by atoms with Crippen molar-refractivity contribution in [2.24, 2.45) is 29.6 Å². The van der Waals surface area contributed by atoms with Crippen LogP contribution in [-0.2, 0) is 14.4 Å². The molecule has 2 aliphatic carbocycles. The molecule has 3 rings (SSSR count). The summed E-state index contributed by atoms with van der Waals surface area (Å²) in [5.41, 5.74) is 0. The predicted molar refractivity (Wildman–Crippen MR) is 63.2 cm³/mol. The first-order valence-corrected chi connectivity index (χ1v) is 6.69. The van der Waals surface area contributed by atoms with Crippen LogP contribution in [0.5, 0.6) is 0 Å². The van der Waals surface area contributed by atoms with Gasteiger partial charge in [-0.25, -0.2) is 0 Å². The van der Waals surface area contributed by atoms with Crippen LogP contribution in [0.2, 0.25) is 0 Å². The number of imide groups is 1. The standard InChI is InChI=1S/C14H17NO4/c1-6(2)11(14(18)19)15-12(16)9-7-3-4-8(5-7)10(9)13(15)17/h3-4,6-11H,5H2,1-2H3,(H,18,19)/p-1/t7-,8+,9-,10-,11+/m0/s1. The third-order valence-corrected chi connectivity index (χ3v) is 4.66. The van der Waals surface area contributed by atoms with Crippen LogP contribution in [0, 0.1) is 29.6 Å². The molecule has 5 heteroatoms. The van der Waals surface area contributed by atoms with E-state index < -0.39 is 12.0 Å². The third kappa shape index (κ3) is 1.50. The second kappa shape index (κ2) is 3.92. The highest BCUT2D eigenvalue weighted by atomic mass is 16.4. The molecule has 19 heavy (non-hydrogen) atoms. The van der Waals surface area contributed by atoms with Gasteiger partial charge in [-0.3, -0.25) is 14.5 Å². The van der Waals surface area contributed by atoms with E-state index in [0.29, 0.717) is 0 Å². The van der Waals surface area contributed by atoms with E-state index in [-0.39, 0.29) is 41.4 Å². The largest absolute Gasteiger partial charge is 0.548 e. The van der Waals surface area contributed by atoms with E-state index in [2.05, 4.69) is 0 Å². The van der Waals surface area contributed by atoms with Crippen LogP contribution in [0.4, 0.5) is 0 Å². The first-order valence-electron chi connectivity index (χ1n) is 6.69. The number of nitrogens with zero attached hydrogens (tertiary/aromatic N) is 1. The molecule has 0 N–H and O–H groups in total. The molecule has 5 atom stereocenters. The van der Waals surface area contributed by atoms with E-state index >= 15 is 0 Å². The Hall–Kier alpha value is -1.65. The van der Waals surface area contributed by atoms with Crippen molar-refractivity contribution in [3.63, 3.8) is 0 Å². The Morgan fingerprint density at radius 1 is 1.21 bits per heavy atom. The molecule has 0 aromatic heterocycles. The zero-order valence-corrected chi connectivity index (χ0v) is 10.9. The van der Waals surface area contributed by atoms with Gasteiger partial charge in [0.25, 0.3) is 0 Å². The minimum Gasteiger partial charge on any atom is -0.548 e. The van der Waals surface area contributed by atoms with Crippen LogP contribution in [0.3, 0.4) is 0 Å². The smallest absolute Gasteiger partial charge is 0.234 e. The maximum absolute atomic E-state index is 12.4. The lowest BCUT2D eigenvalue weighted by molar-refractivity contribution is -0.312. The monoisotopic (exact) mass is 262 g/mol. The normalized spacial score (nSPS) is 37.3. The fraction of sp³-hybridized carbons (Fsp3) is 0.643. The first kappa shape index (κ1) is 12.4. The number of amides is 2. The summed E-state index contributed by atoms with van der Waals surface area (Å²) in [4.78, 5) is 37.0. The predicted octanol–water partition coefficient (Wildman–Crippen LogP) is -0.432. The summed E-state index contributed by atoms with van der Waals surface area (Å²) in [6.45, 7) is 3.37. The van der Waals surface area contributed by atoms with Gasteiger partial charge in [0.1, 0.15) is 0 Å². The summed E-state index contributed by atoms with van der Waals surface area (Å²) in [6.07, 6.45) is 4.83. The molecule has 0 aromatic carbocycles. The number of likely N-dealkylation sites (tertiary alicyclic amines) is 1. The molecule has 0 unspecified atom stereocenters. The number of fused-ring (bicyclic) bond motifs is 5. The lowest BCUT2D eigenvalue weighted by atomic mass is 9.85. The second-order valence-electron chi connectivity index (χ2n) is 6.05. The number of aliphatic carboxylic acids is 1. The lowest BCUT2D eigenvalue weighted by Gasteiger charge is -2.31. The van der Waals surface area contributed by atoms with Gasteiger partial charge >= 0.3 is 0 Å². The minimum atomic E-state index is -1.35. The Bertz CT molecular complexity index is 466. The third-order valence-electron chi connectivity index (χ3n) is 4.66. The molecule has 2 bridgehead atoms. The zero-order chi connectivity index (χ0) is 13.9. The first-order chi connectivity index (χ1) is 8.93. The van der Waals surface area contributed by atoms with Crippen LogP contribution < -0.4 is 5.11 Å². The summed E-state index contributed by atoms with van der Waals surface area (Å²) in [5, 5.41) is 11.2. The average Bonchev–Trinajstić information content (AvgIpc) is 2.97. The highest BCUT2D eigenvalue weighted by molar-refractivity contribution is 6.08. The number of carbonyl (C=O) groups excluding carboxylic acids is 3. The summed E-state index contributed by atoms with van der Waals surface area (Å²) < 4.78 is 0. The fourth-order valence-electron chi connectivity index (χ4n) is 3.88. The zero-order valence-electron chi connectivity index (χ0n) is 10.9. The molecule has 0 aromatic rings. The number of rotatable bonds is 3. The number of hydrogen-bond donors (Lipinski definition) is 0. The van der Waals surface area contributed by atoms with Gasteiger partial charge in [-0.05, 0) is 24.2 Å². The fourth-order valence-corrected chi connectivity index (χ4v) is 3.88. The maximum Gasteiger partial charge on any atom is 0.234 e. The molecular weight excluding hydrogens is 246 g/mol. The van der Waals surface area contributed by atoms with Crippen molar-refractivity contribution >= 4 is 17.8 Å². The van der Waals surface area contributed by atoms with Crippen LogP contribution >= 0.6 is 0 Å². The second-order valence-corrected chi connectivity index (χ2v) is 6.05. The Labute approximate surface area is 111 Å². The number of hydrogen-bond acceptors (Lipinski definition) is 4. The summed E-state index contributed by atoms with van der Waals surface area (Å²) >= 11 is 0. The highest BCUT2D eigenvalue weighted by Crippen LogP contribution is 2.53. The van der Waals surface area contributed by atoms with Gasteiger partial charge in [-0.1, -0.05) is 26.0 Å². The molecule has 2 amide bonds. The Kier molecular flexibility index (Phi) is 2.56. The molecule has 102 valence electrons. The van der Waals surface area contributed by atoms with Gasteiger partial charge in [0.15, 0.2) is 0 Å². The summed E-state index contributed by atoms with van der Waals surface area (Å²) in [6, 6.07) is -1.15. The van der Waals surface area contributed by atoms with Crippen molar-refractivity contribution in [3.05, 3.63) is 12.2 Å². The van der Waals surface area contributed by atoms with E-state index in [4.69, 9.17) is 0 Å². The van der Waals surface area contributed by atoms with E-state index in [0.717, 1.165) is 11.3 Å². The van der Waals surface area contributed by atoms with Gasteiger partial charge in [-0.15, -0.1) is 0 Å².